The number of aryl methyl sites for hydroxylation is 2. The van der Waals surface area contributed by atoms with E-state index in [9.17, 15) is 9.90 Å². The molecule has 3 rings (SSSR count). The number of aromatic nitrogens is 2. The molecule has 2 aliphatic rings. The van der Waals surface area contributed by atoms with Crippen LogP contribution in [0.15, 0.2) is 0 Å². The molecule has 2 fully saturated rings. The van der Waals surface area contributed by atoms with E-state index in [4.69, 9.17) is 21.1 Å². The maximum absolute atomic E-state index is 12.3. The number of rotatable bonds is 2. The van der Waals surface area contributed by atoms with Gasteiger partial charge in [-0.05, 0) is 6.92 Å². The topological polar surface area (TPSA) is 85.6 Å². The third-order valence-electron chi connectivity index (χ3n) is 3.71. The molecular weight excluding hydrogens is 286 g/mol. The van der Waals surface area contributed by atoms with Gasteiger partial charge < -0.3 is 19.9 Å². The van der Waals surface area contributed by atoms with Gasteiger partial charge in [-0.15, -0.1) is 0 Å². The van der Waals surface area contributed by atoms with E-state index < -0.39 is 6.10 Å². The van der Waals surface area contributed by atoms with Crippen molar-refractivity contribution in [3.63, 3.8) is 0 Å². The van der Waals surface area contributed by atoms with Crippen LogP contribution in [0, 0.1) is 6.92 Å². The molecule has 0 spiro atoms. The Morgan fingerprint density at radius 1 is 1.45 bits per heavy atom. The molecule has 8 heteroatoms. The zero-order valence-corrected chi connectivity index (χ0v) is 11.9. The lowest BCUT2D eigenvalue weighted by Crippen LogP contribution is -2.44. The fraction of sp³-hybridized carbons (Fsp3) is 0.667. The van der Waals surface area contributed by atoms with Crippen LogP contribution in [0.3, 0.4) is 0 Å². The third kappa shape index (κ3) is 2.10. The van der Waals surface area contributed by atoms with E-state index in [1.54, 1.807) is 14.0 Å². The van der Waals surface area contributed by atoms with Gasteiger partial charge in [0.25, 0.3) is 5.91 Å². The summed E-state index contributed by atoms with van der Waals surface area (Å²) in [5.74, 6) is -0.322. The maximum atomic E-state index is 12.3. The van der Waals surface area contributed by atoms with Gasteiger partial charge in [0.2, 0.25) is 0 Å². The van der Waals surface area contributed by atoms with E-state index >= 15 is 0 Å². The van der Waals surface area contributed by atoms with Gasteiger partial charge in [-0.2, -0.15) is 5.10 Å². The molecule has 4 atom stereocenters. The van der Waals surface area contributed by atoms with E-state index in [2.05, 4.69) is 10.4 Å². The predicted molar refractivity (Wildman–Crippen MR) is 69.7 cm³/mol. The Balaban J connectivity index is 1.74. The van der Waals surface area contributed by atoms with Crippen LogP contribution in [0.1, 0.15) is 16.2 Å². The monoisotopic (exact) mass is 301 g/mol. The highest BCUT2D eigenvalue weighted by Gasteiger charge is 2.47. The van der Waals surface area contributed by atoms with E-state index in [0.717, 1.165) is 0 Å². The zero-order chi connectivity index (χ0) is 14.4. The maximum Gasteiger partial charge on any atom is 0.271 e. The molecule has 20 heavy (non-hydrogen) atoms. The minimum Gasteiger partial charge on any atom is -0.388 e. The number of aliphatic hydroxyl groups excluding tert-OH is 1. The van der Waals surface area contributed by atoms with Crippen LogP contribution in [0.4, 0.5) is 0 Å². The highest BCUT2D eigenvalue weighted by molar-refractivity contribution is 6.34. The first-order valence-electron chi connectivity index (χ1n) is 6.40. The highest BCUT2D eigenvalue weighted by atomic mass is 35.5. The predicted octanol–water partition coefficient (Wildman–Crippen LogP) is -0.361. The second kappa shape index (κ2) is 5.00. The summed E-state index contributed by atoms with van der Waals surface area (Å²) >= 11 is 6.08. The molecule has 1 aromatic heterocycles. The summed E-state index contributed by atoms with van der Waals surface area (Å²) in [6, 6.07) is -0.295. The molecule has 1 amide bonds. The lowest BCUT2D eigenvalue weighted by atomic mass is 10.1. The lowest BCUT2D eigenvalue weighted by Gasteiger charge is -2.17. The van der Waals surface area contributed by atoms with Gasteiger partial charge in [-0.3, -0.25) is 9.48 Å². The highest BCUT2D eigenvalue weighted by Crippen LogP contribution is 2.27. The van der Waals surface area contributed by atoms with Crippen molar-refractivity contribution in [1.82, 2.24) is 15.1 Å². The molecular formula is C12H16ClN3O4. The first kappa shape index (κ1) is 13.8. The summed E-state index contributed by atoms with van der Waals surface area (Å²) in [4.78, 5) is 12.3. The quantitative estimate of drug-likeness (QED) is 0.779. The second-order valence-corrected chi connectivity index (χ2v) is 5.49. The van der Waals surface area contributed by atoms with Crippen molar-refractivity contribution >= 4 is 17.5 Å². The number of amides is 1. The van der Waals surface area contributed by atoms with Crippen molar-refractivity contribution in [3.8, 4) is 0 Å². The number of halogens is 1. The molecule has 0 saturated carbocycles. The first-order chi connectivity index (χ1) is 9.49. The smallest absolute Gasteiger partial charge is 0.271 e. The Bertz CT molecular complexity index is 547. The minimum atomic E-state index is -0.635. The normalized spacial score (nSPS) is 32.4. The van der Waals surface area contributed by atoms with Gasteiger partial charge in [0.15, 0.2) is 0 Å². The van der Waals surface area contributed by atoms with Gasteiger partial charge in [0, 0.05) is 7.05 Å². The summed E-state index contributed by atoms with van der Waals surface area (Å²) in [5.41, 5.74) is 0.915. The number of nitrogens with zero attached hydrogens (tertiary/aromatic N) is 2. The van der Waals surface area contributed by atoms with Crippen molar-refractivity contribution in [1.29, 1.82) is 0 Å². The molecule has 3 heterocycles. The summed E-state index contributed by atoms with van der Waals surface area (Å²) < 4.78 is 12.4. The van der Waals surface area contributed by atoms with Crippen LogP contribution in [-0.4, -0.2) is 58.4 Å². The fourth-order valence-corrected chi connectivity index (χ4v) is 2.96. The number of carbonyl (C=O) groups is 1. The molecule has 0 radical (unpaired) electrons. The lowest BCUT2D eigenvalue weighted by molar-refractivity contribution is 0.0178. The molecule has 2 aliphatic heterocycles. The number of hydrogen-bond acceptors (Lipinski definition) is 5. The molecule has 110 valence electrons. The number of hydrogen-bond donors (Lipinski definition) is 2. The largest absolute Gasteiger partial charge is 0.388 e. The molecule has 0 aromatic carbocycles. The van der Waals surface area contributed by atoms with Crippen molar-refractivity contribution < 1.29 is 19.4 Å². The van der Waals surface area contributed by atoms with Gasteiger partial charge in [-0.25, -0.2) is 0 Å². The van der Waals surface area contributed by atoms with Crippen LogP contribution in [0.2, 0.25) is 5.02 Å². The number of nitrogens with one attached hydrogen (secondary N) is 1. The van der Waals surface area contributed by atoms with E-state index in [-0.39, 0.29) is 30.8 Å². The van der Waals surface area contributed by atoms with Crippen LogP contribution in [0.25, 0.3) is 0 Å². The Labute approximate surface area is 120 Å². The van der Waals surface area contributed by atoms with Crippen LogP contribution >= 0.6 is 11.6 Å². The first-order valence-corrected chi connectivity index (χ1v) is 6.78. The number of fused-ring (bicyclic) bond motifs is 1. The second-order valence-electron chi connectivity index (χ2n) is 5.11. The third-order valence-corrected chi connectivity index (χ3v) is 4.16. The Morgan fingerprint density at radius 2 is 2.15 bits per heavy atom. The average molecular weight is 302 g/mol. The standard InChI is InChI=1S/C12H16ClN3O4/c1-5-8(13)9(16(2)15-5)12(18)14-6-3-19-11-7(17)4-20-10(6)11/h6-7,10-11,17H,3-4H2,1-2H3,(H,14,18)/t6-,7+,10+,11+/m0/s1. The fourth-order valence-electron chi connectivity index (χ4n) is 2.72. The van der Waals surface area contributed by atoms with Gasteiger partial charge >= 0.3 is 0 Å². The minimum absolute atomic E-state index is 0.229. The van der Waals surface area contributed by atoms with Crippen LogP contribution < -0.4 is 5.32 Å². The van der Waals surface area contributed by atoms with Crippen molar-refractivity contribution in [3.05, 3.63) is 16.4 Å². The molecule has 2 saturated heterocycles. The van der Waals surface area contributed by atoms with E-state index in [0.29, 0.717) is 23.0 Å². The molecule has 2 N–H and O–H groups in total. The summed E-state index contributed by atoms with van der Waals surface area (Å²) in [5, 5.41) is 16.9. The van der Waals surface area contributed by atoms with Crippen molar-refractivity contribution in [2.45, 2.75) is 31.3 Å². The van der Waals surface area contributed by atoms with Crippen molar-refractivity contribution in [2.24, 2.45) is 7.05 Å². The Morgan fingerprint density at radius 3 is 2.80 bits per heavy atom. The molecule has 0 aliphatic carbocycles. The van der Waals surface area contributed by atoms with Gasteiger partial charge in [0.1, 0.15) is 24.0 Å². The Kier molecular flexibility index (Phi) is 3.45. The molecule has 7 nitrogen and oxygen atoms in total. The number of carbonyl (C=O) groups excluding carboxylic acids is 1. The average Bonchev–Trinajstić information content (AvgIpc) is 3.00. The summed E-state index contributed by atoms with van der Waals surface area (Å²) in [6.07, 6.45) is -1.32. The van der Waals surface area contributed by atoms with E-state index in [1.807, 2.05) is 0 Å². The molecule has 0 bridgehead atoms. The molecule has 0 unspecified atom stereocenters. The van der Waals surface area contributed by atoms with Gasteiger partial charge in [-0.1, -0.05) is 11.6 Å². The van der Waals surface area contributed by atoms with Crippen molar-refractivity contribution in [2.75, 3.05) is 13.2 Å². The summed E-state index contributed by atoms with van der Waals surface area (Å²) in [6.45, 7) is 2.28. The van der Waals surface area contributed by atoms with Gasteiger partial charge in [0.05, 0.1) is 30.0 Å². The zero-order valence-electron chi connectivity index (χ0n) is 11.2. The number of ether oxygens (including phenoxy) is 2. The van der Waals surface area contributed by atoms with Crippen LogP contribution in [-0.2, 0) is 16.5 Å². The SMILES string of the molecule is Cc1nn(C)c(C(=O)N[C@H]2CO[C@H]3[C@@H]2OC[C@H]3O)c1Cl. The Hall–Kier alpha value is -1.15. The number of aliphatic hydroxyl groups is 1. The summed E-state index contributed by atoms with van der Waals surface area (Å²) in [7, 11) is 1.66. The molecule has 1 aromatic rings. The van der Waals surface area contributed by atoms with E-state index in [1.165, 1.54) is 4.68 Å². The van der Waals surface area contributed by atoms with Crippen LogP contribution in [0.5, 0.6) is 0 Å².